The number of para-hydroxylation sites is 1. The van der Waals surface area contributed by atoms with Gasteiger partial charge in [-0.1, -0.05) is 12.1 Å². The van der Waals surface area contributed by atoms with Gasteiger partial charge in [-0.15, -0.1) is 0 Å². The first-order chi connectivity index (χ1) is 10.3. The molecule has 0 radical (unpaired) electrons. The maximum absolute atomic E-state index is 9.96. The van der Waals surface area contributed by atoms with Crippen LogP contribution in [0.1, 0.15) is 11.1 Å². The summed E-state index contributed by atoms with van der Waals surface area (Å²) in [4.78, 5) is 4.34. The Morgan fingerprint density at radius 1 is 1.24 bits per heavy atom. The van der Waals surface area contributed by atoms with Gasteiger partial charge in [0, 0.05) is 11.8 Å². The van der Waals surface area contributed by atoms with Crippen LogP contribution in [0, 0.1) is 0 Å². The molecular formula is C16H15NO4. The Balaban J connectivity index is 1.73. The quantitative estimate of drug-likeness (QED) is 0.877. The zero-order chi connectivity index (χ0) is 14.7. The third kappa shape index (κ3) is 2.76. The molecule has 2 aromatic carbocycles. The largest absolute Gasteiger partial charge is 0.504 e. The molecule has 3 rings (SSSR count). The van der Waals surface area contributed by atoms with Gasteiger partial charge in [0.05, 0.1) is 13.7 Å². The monoisotopic (exact) mass is 285 g/mol. The predicted molar refractivity (Wildman–Crippen MR) is 78.5 cm³/mol. The third-order valence-electron chi connectivity index (χ3n) is 3.19. The van der Waals surface area contributed by atoms with E-state index in [1.165, 1.54) is 7.11 Å². The van der Waals surface area contributed by atoms with Crippen molar-refractivity contribution in [3.8, 4) is 23.0 Å². The van der Waals surface area contributed by atoms with Crippen molar-refractivity contribution in [2.24, 2.45) is 4.99 Å². The molecule has 0 saturated carbocycles. The Morgan fingerprint density at radius 3 is 2.95 bits per heavy atom. The van der Waals surface area contributed by atoms with Crippen LogP contribution in [0.3, 0.4) is 0 Å². The fraction of sp³-hybridized carbons (Fsp3) is 0.188. The van der Waals surface area contributed by atoms with E-state index in [2.05, 4.69) is 4.99 Å². The van der Waals surface area contributed by atoms with Crippen LogP contribution in [0.4, 0.5) is 0 Å². The zero-order valence-electron chi connectivity index (χ0n) is 11.6. The SMILES string of the molecule is COc1cccc(C=NCc2ccc3c(c2)OCO3)c1O. The Kier molecular flexibility index (Phi) is 3.64. The van der Waals surface area contributed by atoms with Crippen LogP contribution in [0.25, 0.3) is 0 Å². The lowest BCUT2D eigenvalue weighted by Crippen LogP contribution is -1.92. The van der Waals surface area contributed by atoms with Gasteiger partial charge in [-0.25, -0.2) is 0 Å². The highest BCUT2D eigenvalue weighted by molar-refractivity contribution is 5.84. The molecule has 0 unspecified atom stereocenters. The number of rotatable bonds is 4. The summed E-state index contributed by atoms with van der Waals surface area (Å²) in [7, 11) is 1.52. The number of aromatic hydroxyl groups is 1. The molecule has 0 fully saturated rings. The Morgan fingerprint density at radius 2 is 2.10 bits per heavy atom. The van der Waals surface area contributed by atoms with Gasteiger partial charge in [0.2, 0.25) is 6.79 Å². The highest BCUT2D eigenvalue weighted by atomic mass is 16.7. The molecule has 0 spiro atoms. The first-order valence-corrected chi connectivity index (χ1v) is 6.52. The number of nitrogens with zero attached hydrogens (tertiary/aromatic N) is 1. The van der Waals surface area contributed by atoms with Crippen LogP contribution in [0.15, 0.2) is 41.4 Å². The first kappa shape index (κ1) is 13.3. The summed E-state index contributed by atoms with van der Waals surface area (Å²) in [6, 6.07) is 11.0. The summed E-state index contributed by atoms with van der Waals surface area (Å²) in [6.07, 6.45) is 1.63. The molecular weight excluding hydrogens is 270 g/mol. The minimum absolute atomic E-state index is 0.0921. The van der Waals surface area contributed by atoms with Crippen molar-refractivity contribution in [3.05, 3.63) is 47.5 Å². The molecule has 0 saturated heterocycles. The second kappa shape index (κ2) is 5.75. The van der Waals surface area contributed by atoms with Crippen molar-refractivity contribution in [1.82, 2.24) is 0 Å². The molecule has 0 aromatic heterocycles. The van der Waals surface area contributed by atoms with E-state index in [1.807, 2.05) is 18.2 Å². The van der Waals surface area contributed by atoms with Crippen molar-refractivity contribution >= 4 is 6.21 Å². The normalized spacial score (nSPS) is 12.8. The molecule has 2 aromatic rings. The van der Waals surface area contributed by atoms with E-state index < -0.39 is 0 Å². The number of phenols is 1. The first-order valence-electron chi connectivity index (χ1n) is 6.52. The predicted octanol–water partition coefficient (Wildman–Crippen LogP) is 2.75. The lowest BCUT2D eigenvalue weighted by Gasteiger charge is -2.05. The van der Waals surface area contributed by atoms with Crippen LogP contribution in [-0.2, 0) is 6.54 Å². The summed E-state index contributed by atoms with van der Waals surface area (Å²) in [5.74, 6) is 2.02. The Labute approximate surface area is 122 Å². The van der Waals surface area contributed by atoms with E-state index >= 15 is 0 Å². The lowest BCUT2D eigenvalue weighted by atomic mass is 10.2. The maximum atomic E-state index is 9.96. The molecule has 0 amide bonds. The zero-order valence-corrected chi connectivity index (χ0v) is 11.6. The minimum atomic E-state index is 0.0921. The fourth-order valence-electron chi connectivity index (χ4n) is 2.10. The molecule has 1 aliphatic heterocycles. The number of hydrogen-bond acceptors (Lipinski definition) is 5. The van der Waals surface area contributed by atoms with Gasteiger partial charge in [-0.2, -0.15) is 0 Å². The molecule has 5 heteroatoms. The summed E-state index contributed by atoms with van der Waals surface area (Å²) in [5.41, 5.74) is 1.63. The molecule has 21 heavy (non-hydrogen) atoms. The van der Waals surface area contributed by atoms with Crippen LogP contribution in [0.5, 0.6) is 23.0 Å². The topological polar surface area (TPSA) is 60.3 Å². The van der Waals surface area contributed by atoms with Crippen molar-refractivity contribution < 1.29 is 19.3 Å². The number of aliphatic imine (C=N–C) groups is 1. The number of methoxy groups -OCH3 is 1. The van der Waals surface area contributed by atoms with Gasteiger partial charge in [-0.3, -0.25) is 4.99 Å². The van der Waals surface area contributed by atoms with Gasteiger partial charge in [0.1, 0.15) is 0 Å². The molecule has 5 nitrogen and oxygen atoms in total. The molecule has 108 valence electrons. The van der Waals surface area contributed by atoms with Crippen molar-refractivity contribution in [1.29, 1.82) is 0 Å². The molecule has 1 heterocycles. The second-order valence-electron chi connectivity index (χ2n) is 4.56. The van der Waals surface area contributed by atoms with Crippen LogP contribution in [-0.4, -0.2) is 25.2 Å². The van der Waals surface area contributed by atoms with Crippen LogP contribution < -0.4 is 14.2 Å². The number of ether oxygens (including phenoxy) is 3. The Bertz CT molecular complexity index is 682. The summed E-state index contributed by atoms with van der Waals surface area (Å²) < 4.78 is 15.6. The average Bonchev–Trinajstić information content (AvgIpc) is 2.96. The number of fused-ring (bicyclic) bond motifs is 1. The third-order valence-corrected chi connectivity index (χ3v) is 3.19. The van der Waals surface area contributed by atoms with Gasteiger partial charge < -0.3 is 19.3 Å². The van der Waals surface area contributed by atoms with E-state index in [0.717, 1.165) is 17.1 Å². The van der Waals surface area contributed by atoms with Gasteiger partial charge in [0.15, 0.2) is 23.0 Å². The van der Waals surface area contributed by atoms with E-state index in [4.69, 9.17) is 14.2 Å². The van der Waals surface area contributed by atoms with E-state index in [-0.39, 0.29) is 12.5 Å². The average molecular weight is 285 g/mol. The van der Waals surface area contributed by atoms with Crippen molar-refractivity contribution in [2.75, 3.05) is 13.9 Å². The van der Waals surface area contributed by atoms with E-state index in [1.54, 1.807) is 24.4 Å². The molecule has 0 atom stereocenters. The molecule has 0 aliphatic carbocycles. The van der Waals surface area contributed by atoms with Crippen LogP contribution in [0.2, 0.25) is 0 Å². The fourth-order valence-corrected chi connectivity index (χ4v) is 2.10. The van der Waals surface area contributed by atoms with E-state index in [0.29, 0.717) is 17.9 Å². The highest BCUT2D eigenvalue weighted by Crippen LogP contribution is 2.32. The Hall–Kier alpha value is -2.69. The minimum Gasteiger partial charge on any atom is -0.504 e. The van der Waals surface area contributed by atoms with Gasteiger partial charge in [0.25, 0.3) is 0 Å². The van der Waals surface area contributed by atoms with Crippen LogP contribution >= 0.6 is 0 Å². The number of phenolic OH excluding ortho intramolecular Hbond substituents is 1. The molecule has 1 N–H and O–H groups in total. The molecule has 1 aliphatic rings. The summed E-state index contributed by atoms with van der Waals surface area (Å²) in [6.45, 7) is 0.757. The smallest absolute Gasteiger partial charge is 0.231 e. The second-order valence-corrected chi connectivity index (χ2v) is 4.56. The van der Waals surface area contributed by atoms with E-state index in [9.17, 15) is 5.11 Å². The van der Waals surface area contributed by atoms with Gasteiger partial charge >= 0.3 is 0 Å². The summed E-state index contributed by atoms with van der Waals surface area (Å²) in [5, 5.41) is 9.96. The van der Waals surface area contributed by atoms with Crippen molar-refractivity contribution in [2.45, 2.75) is 6.54 Å². The standard InChI is InChI=1S/C16H15NO4/c1-19-14-4-2-3-12(16(14)18)9-17-8-11-5-6-13-15(7-11)21-10-20-13/h2-7,9,18H,8,10H2,1H3. The van der Waals surface area contributed by atoms with Crippen molar-refractivity contribution in [3.63, 3.8) is 0 Å². The highest BCUT2D eigenvalue weighted by Gasteiger charge is 2.12. The number of hydrogen-bond donors (Lipinski definition) is 1. The molecule has 0 bridgehead atoms. The summed E-state index contributed by atoms with van der Waals surface area (Å²) >= 11 is 0. The van der Waals surface area contributed by atoms with Gasteiger partial charge in [-0.05, 0) is 29.8 Å². The number of benzene rings is 2. The lowest BCUT2D eigenvalue weighted by molar-refractivity contribution is 0.174. The maximum Gasteiger partial charge on any atom is 0.231 e.